The Morgan fingerprint density at radius 1 is 0.765 bits per heavy atom. The van der Waals surface area contributed by atoms with E-state index in [9.17, 15) is 0 Å². The molecule has 88 valence electrons. The molecule has 1 nitrogen and oxygen atoms in total. The van der Waals surface area contributed by atoms with Crippen LogP contribution in [-0.2, 0) is 0 Å². The predicted molar refractivity (Wildman–Crippen MR) is 75.2 cm³/mol. The largest absolute Gasteiger partial charge is 0.344 e. The molecule has 2 aromatic carbocycles. The molecule has 17 heavy (non-hydrogen) atoms. The number of para-hydroxylation sites is 1. The van der Waals surface area contributed by atoms with Crippen LogP contribution in [0.2, 0.25) is 0 Å². The fraction of sp³-hybridized carbons (Fsp3) is 0.250. The molecule has 0 heterocycles. The number of hydrogen-bond donors (Lipinski definition) is 0. The van der Waals surface area contributed by atoms with Gasteiger partial charge in [0.2, 0.25) is 0 Å². The molecule has 0 unspecified atom stereocenters. The highest BCUT2D eigenvalue weighted by molar-refractivity contribution is 5.66. The Bertz CT molecular complexity index is 529. The molecule has 0 bridgehead atoms. The van der Waals surface area contributed by atoms with E-state index >= 15 is 0 Å². The minimum atomic E-state index is 1.24. The average Bonchev–Trinajstić information content (AvgIpc) is 2.32. The quantitative estimate of drug-likeness (QED) is 0.733. The summed E-state index contributed by atoms with van der Waals surface area (Å²) < 4.78 is 0. The summed E-state index contributed by atoms with van der Waals surface area (Å²) in [6.45, 7) is 6.45. The molecule has 0 fully saturated rings. The topological polar surface area (TPSA) is 3.24 Å². The van der Waals surface area contributed by atoms with Crippen LogP contribution in [0.25, 0.3) is 0 Å². The van der Waals surface area contributed by atoms with Crippen molar-refractivity contribution in [3.05, 3.63) is 59.2 Å². The average molecular weight is 225 g/mol. The van der Waals surface area contributed by atoms with E-state index in [4.69, 9.17) is 0 Å². The van der Waals surface area contributed by atoms with Gasteiger partial charge in [0.1, 0.15) is 0 Å². The van der Waals surface area contributed by atoms with Gasteiger partial charge in [-0.1, -0.05) is 24.3 Å². The molecule has 0 saturated carbocycles. The minimum Gasteiger partial charge on any atom is -0.344 e. The van der Waals surface area contributed by atoms with Crippen molar-refractivity contribution in [2.24, 2.45) is 0 Å². The van der Waals surface area contributed by atoms with Gasteiger partial charge in [-0.3, -0.25) is 0 Å². The highest BCUT2D eigenvalue weighted by Crippen LogP contribution is 2.27. The summed E-state index contributed by atoms with van der Waals surface area (Å²) in [5.74, 6) is 0. The van der Waals surface area contributed by atoms with Crippen molar-refractivity contribution in [1.29, 1.82) is 0 Å². The van der Waals surface area contributed by atoms with Gasteiger partial charge in [0.25, 0.3) is 0 Å². The standard InChI is InChI=1S/C16H19N/c1-12-9-10-15(11-14(12)3)17(4)16-8-6-5-7-13(16)2/h5-11H,1-4H3. The zero-order valence-electron chi connectivity index (χ0n) is 11.0. The van der Waals surface area contributed by atoms with Crippen LogP contribution < -0.4 is 4.90 Å². The summed E-state index contributed by atoms with van der Waals surface area (Å²) >= 11 is 0. The molecule has 2 rings (SSSR count). The second-order valence-electron chi connectivity index (χ2n) is 4.61. The molecule has 0 aliphatic carbocycles. The third kappa shape index (κ3) is 2.33. The third-order valence-electron chi connectivity index (χ3n) is 3.35. The van der Waals surface area contributed by atoms with Gasteiger partial charge < -0.3 is 4.90 Å². The molecule has 0 aromatic heterocycles. The molecular weight excluding hydrogens is 206 g/mol. The monoisotopic (exact) mass is 225 g/mol. The zero-order valence-corrected chi connectivity index (χ0v) is 11.0. The van der Waals surface area contributed by atoms with Crippen molar-refractivity contribution >= 4 is 11.4 Å². The van der Waals surface area contributed by atoms with Crippen molar-refractivity contribution in [1.82, 2.24) is 0 Å². The first kappa shape index (κ1) is 11.7. The second kappa shape index (κ2) is 4.62. The van der Waals surface area contributed by atoms with Gasteiger partial charge in [-0.2, -0.15) is 0 Å². The van der Waals surface area contributed by atoms with Crippen LogP contribution in [0.15, 0.2) is 42.5 Å². The number of rotatable bonds is 2. The van der Waals surface area contributed by atoms with Crippen LogP contribution in [0.1, 0.15) is 16.7 Å². The molecule has 0 atom stereocenters. The Kier molecular flexibility index (Phi) is 3.19. The number of anilines is 2. The van der Waals surface area contributed by atoms with Gasteiger partial charge in [0.05, 0.1) is 0 Å². The first-order chi connectivity index (χ1) is 8.09. The van der Waals surface area contributed by atoms with E-state index in [0.29, 0.717) is 0 Å². The van der Waals surface area contributed by atoms with Crippen molar-refractivity contribution in [3.8, 4) is 0 Å². The Balaban J connectivity index is 2.40. The summed E-state index contributed by atoms with van der Waals surface area (Å²) in [5.41, 5.74) is 6.47. The molecule has 2 aromatic rings. The third-order valence-corrected chi connectivity index (χ3v) is 3.35. The molecular formula is C16H19N. The lowest BCUT2D eigenvalue weighted by Crippen LogP contribution is -2.10. The molecule has 0 aliphatic heterocycles. The normalized spacial score (nSPS) is 10.4. The van der Waals surface area contributed by atoms with E-state index in [0.717, 1.165) is 0 Å². The summed E-state index contributed by atoms with van der Waals surface area (Å²) in [4.78, 5) is 2.24. The fourth-order valence-electron chi connectivity index (χ4n) is 2.01. The van der Waals surface area contributed by atoms with Crippen molar-refractivity contribution in [3.63, 3.8) is 0 Å². The predicted octanol–water partition coefficient (Wildman–Crippen LogP) is 4.38. The first-order valence-electron chi connectivity index (χ1n) is 5.96. The van der Waals surface area contributed by atoms with Gasteiger partial charge >= 0.3 is 0 Å². The highest BCUT2D eigenvalue weighted by atomic mass is 15.1. The number of benzene rings is 2. The van der Waals surface area contributed by atoms with Gasteiger partial charge in [-0.25, -0.2) is 0 Å². The number of aryl methyl sites for hydroxylation is 3. The van der Waals surface area contributed by atoms with Gasteiger partial charge in [-0.15, -0.1) is 0 Å². The Morgan fingerprint density at radius 2 is 1.47 bits per heavy atom. The Morgan fingerprint density at radius 3 is 2.12 bits per heavy atom. The maximum Gasteiger partial charge on any atom is 0.0437 e. The zero-order chi connectivity index (χ0) is 12.4. The van der Waals surface area contributed by atoms with E-state index < -0.39 is 0 Å². The van der Waals surface area contributed by atoms with Gasteiger partial charge in [-0.05, 0) is 55.7 Å². The lowest BCUT2D eigenvalue weighted by Gasteiger charge is -2.22. The Labute approximate surface area is 104 Å². The molecule has 0 spiro atoms. The molecule has 0 radical (unpaired) electrons. The van der Waals surface area contributed by atoms with Crippen molar-refractivity contribution in [2.75, 3.05) is 11.9 Å². The fourth-order valence-corrected chi connectivity index (χ4v) is 2.01. The van der Waals surface area contributed by atoms with Crippen LogP contribution in [0.4, 0.5) is 11.4 Å². The lowest BCUT2D eigenvalue weighted by molar-refractivity contribution is 1.17. The van der Waals surface area contributed by atoms with Crippen LogP contribution in [0.5, 0.6) is 0 Å². The number of hydrogen-bond acceptors (Lipinski definition) is 1. The number of nitrogens with zero attached hydrogens (tertiary/aromatic N) is 1. The molecule has 1 heteroatoms. The molecule has 0 aliphatic rings. The molecule has 0 N–H and O–H groups in total. The molecule has 0 amide bonds. The van der Waals surface area contributed by atoms with E-state index in [2.05, 4.69) is 75.2 Å². The SMILES string of the molecule is Cc1ccc(N(C)c2ccccc2C)cc1C. The Hall–Kier alpha value is -1.76. The second-order valence-corrected chi connectivity index (χ2v) is 4.61. The lowest BCUT2D eigenvalue weighted by atomic mass is 10.1. The van der Waals surface area contributed by atoms with Gasteiger partial charge in [0.15, 0.2) is 0 Å². The summed E-state index contributed by atoms with van der Waals surface area (Å²) in [5, 5.41) is 0. The van der Waals surface area contributed by atoms with E-state index in [1.54, 1.807) is 0 Å². The smallest absolute Gasteiger partial charge is 0.0437 e. The highest BCUT2D eigenvalue weighted by Gasteiger charge is 2.06. The van der Waals surface area contributed by atoms with Gasteiger partial charge in [0, 0.05) is 18.4 Å². The summed E-state index contributed by atoms with van der Waals surface area (Å²) in [6.07, 6.45) is 0. The van der Waals surface area contributed by atoms with Crippen molar-refractivity contribution < 1.29 is 0 Å². The summed E-state index contributed by atoms with van der Waals surface area (Å²) in [6, 6.07) is 15.1. The van der Waals surface area contributed by atoms with Crippen LogP contribution in [-0.4, -0.2) is 7.05 Å². The first-order valence-corrected chi connectivity index (χ1v) is 5.96. The van der Waals surface area contributed by atoms with E-state index in [1.807, 2.05) is 0 Å². The minimum absolute atomic E-state index is 1.24. The maximum atomic E-state index is 2.24. The van der Waals surface area contributed by atoms with Crippen molar-refractivity contribution in [2.45, 2.75) is 20.8 Å². The van der Waals surface area contributed by atoms with Crippen LogP contribution >= 0.6 is 0 Å². The van der Waals surface area contributed by atoms with Crippen LogP contribution in [0, 0.1) is 20.8 Å². The summed E-state index contributed by atoms with van der Waals surface area (Å²) in [7, 11) is 2.12. The van der Waals surface area contributed by atoms with Crippen LogP contribution in [0.3, 0.4) is 0 Å². The van der Waals surface area contributed by atoms with E-state index in [-0.39, 0.29) is 0 Å². The van der Waals surface area contributed by atoms with E-state index in [1.165, 1.54) is 28.1 Å². The molecule has 0 saturated heterocycles. The maximum absolute atomic E-state index is 2.24.